The highest BCUT2D eigenvalue weighted by atomic mass is 19.1. The zero-order valence-electron chi connectivity index (χ0n) is 40.5. The molecule has 0 bridgehead atoms. The van der Waals surface area contributed by atoms with Crippen LogP contribution < -0.4 is 28.4 Å². The summed E-state index contributed by atoms with van der Waals surface area (Å²) in [5.41, 5.74) is 0.873. The summed E-state index contributed by atoms with van der Waals surface area (Å²) in [6.45, 7) is 5.71. The second-order valence-corrected chi connectivity index (χ2v) is 17.3. The van der Waals surface area contributed by atoms with Gasteiger partial charge in [-0.2, -0.15) is 0 Å². The third kappa shape index (κ3) is 20.3. The average molecular weight is 945 g/mol. The molecular weight excluding hydrogens is 876 g/mol. The summed E-state index contributed by atoms with van der Waals surface area (Å²) in [7, 11) is 0. The van der Waals surface area contributed by atoms with Crippen LogP contribution in [0.15, 0.2) is 115 Å². The van der Waals surface area contributed by atoms with Gasteiger partial charge < -0.3 is 28.4 Å². The predicted molar refractivity (Wildman–Crippen MR) is 267 cm³/mol. The monoisotopic (exact) mass is 944 g/mol. The highest BCUT2D eigenvalue weighted by Gasteiger charge is 2.17. The van der Waals surface area contributed by atoms with Crippen LogP contribution in [0.1, 0.15) is 184 Å². The molecule has 69 heavy (non-hydrogen) atoms. The summed E-state index contributed by atoms with van der Waals surface area (Å²) in [5.74, 6) is -2.25. The number of unbranched alkanes of at least 4 members (excludes halogenated alkanes) is 18. The number of halogens is 1. The van der Waals surface area contributed by atoms with Crippen LogP contribution in [0.3, 0.4) is 0 Å². The zero-order valence-corrected chi connectivity index (χ0v) is 40.5. The maximum Gasteiger partial charge on any atom is 0.343 e. The Morgan fingerprint density at radius 2 is 0.565 bits per heavy atom. The first kappa shape index (κ1) is 53.5. The minimum Gasteiger partial charge on any atom is -0.494 e. The lowest BCUT2D eigenvalue weighted by molar-refractivity contribution is 0.0722. The maximum atomic E-state index is 14.6. The van der Waals surface area contributed by atoms with Crippen LogP contribution in [0.4, 0.5) is 4.39 Å². The van der Waals surface area contributed by atoms with E-state index in [4.69, 9.17) is 28.4 Å². The molecule has 0 radical (unpaired) electrons. The fourth-order valence-corrected chi connectivity index (χ4v) is 7.57. The quantitative estimate of drug-likeness (QED) is 0.0234. The van der Waals surface area contributed by atoms with Crippen molar-refractivity contribution in [2.24, 2.45) is 0 Å². The molecule has 5 aromatic rings. The third-order valence-corrected chi connectivity index (χ3v) is 11.6. The molecule has 0 spiro atoms. The zero-order chi connectivity index (χ0) is 48.9. The fourth-order valence-electron chi connectivity index (χ4n) is 7.57. The molecule has 5 aromatic carbocycles. The molecule has 0 amide bonds. The van der Waals surface area contributed by atoms with Gasteiger partial charge >= 0.3 is 23.9 Å². The molecule has 0 aliphatic rings. The van der Waals surface area contributed by atoms with Crippen LogP contribution in [0.25, 0.3) is 0 Å². The molecule has 0 unspecified atom stereocenters. The van der Waals surface area contributed by atoms with Crippen LogP contribution in [0.5, 0.6) is 34.5 Å². The molecule has 0 saturated carbocycles. The van der Waals surface area contributed by atoms with E-state index < -0.39 is 29.7 Å². The molecule has 368 valence electrons. The molecule has 0 saturated heterocycles. The third-order valence-electron chi connectivity index (χ3n) is 11.6. The standard InChI is InChI=1S/C58H69FO10/c1-3-5-7-9-11-13-15-17-19-21-39-64-49-31-23-44(24-32-49)55(60)66-51-35-27-46(28-36-51)57(62)68-53-41-48(59)42-54(43-53)69-58(63)47-29-37-52(38-30-47)67-56(61)45-25-33-50(34-26-45)65-40-22-20-18-16-14-12-10-8-6-4-2/h23-38,41-43H,3-22,39-40H2,1-2H3. The van der Waals surface area contributed by atoms with Crippen molar-refractivity contribution in [3.05, 3.63) is 143 Å². The normalized spacial score (nSPS) is 10.9. The van der Waals surface area contributed by atoms with Crippen LogP contribution in [0.2, 0.25) is 0 Å². The summed E-state index contributed by atoms with van der Waals surface area (Å²) < 4.78 is 48.1. The van der Waals surface area contributed by atoms with Crippen LogP contribution >= 0.6 is 0 Å². The number of carbonyl (C=O) groups excluding carboxylic acids is 4. The molecule has 0 aromatic heterocycles. The molecule has 0 fully saturated rings. The van der Waals surface area contributed by atoms with Crippen molar-refractivity contribution in [1.29, 1.82) is 0 Å². The number of esters is 4. The Morgan fingerprint density at radius 3 is 0.855 bits per heavy atom. The van der Waals surface area contributed by atoms with Gasteiger partial charge in [0.05, 0.1) is 35.5 Å². The molecular formula is C58H69FO10. The molecule has 0 aliphatic carbocycles. The number of carbonyl (C=O) groups is 4. The number of ether oxygens (including phenoxy) is 6. The van der Waals surface area contributed by atoms with Crippen LogP contribution in [0, 0.1) is 5.82 Å². The SMILES string of the molecule is CCCCCCCCCCCCOc1ccc(C(=O)Oc2ccc(C(=O)Oc3cc(F)cc(OC(=O)c4ccc(OC(=O)c5ccc(OCCCCCCCCCCCC)cc5)cc4)c3)cc2)cc1. The van der Waals surface area contributed by atoms with Gasteiger partial charge in [-0.3, -0.25) is 0 Å². The van der Waals surface area contributed by atoms with Gasteiger partial charge in [-0.1, -0.05) is 129 Å². The Bertz CT molecular complexity index is 2130. The van der Waals surface area contributed by atoms with Crippen molar-refractivity contribution in [1.82, 2.24) is 0 Å². The smallest absolute Gasteiger partial charge is 0.343 e. The van der Waals surface area contributed by atoms with Crippen LogP contribution in [-0.4, -0.2) is 37.1 Å². The Balaban J connectivity index is 0.992. The van der Waals surface area contributed by atoms with Crippen molar-refractivity contribution in [3.63, 3.8) is 0 Å². The van der Waals surface area contributed by atoms with Crippen LogP contribution in [-0.2, 0) is 0 Å². The predicted octanol–water partition coefficient (Wildman–Crippen LogP) is 15.3. The van der Waals surface area contributed by atoms with Gasteiger partial charge in [0, 0.05) is 18.2 Å². The Kier molecular flexibility index (Phi) is 23.9. The molecule has 0 atom stereocenters. The maximum absolute atomic E-state index is 14.6. The second-order valence-electron chi connectivity index (χ2n) is 17.3. The van der Waals surface area contributed by atoms with E-state index in [9.17, 15) is 23.6 Å². The van der Waals surface area contributed by atoms with Gasteiger partial charge in [-0.25, -0.2) is 23.6 Å². The first-order valence-corrected chi connectivity index (χ1v) is 25.1. The minimum absolute atomic E-state index is 0.100. The van der Waals surface area contributed by atoms with Gasteiger partial charge in [0.2, 0.25) is 0 Å². The molecule has 0 N–H and O–H groups in total. The van der Waals surface area contributed by atoms with Crippen molar-refractivity contribution >= 4 is 23.9 Å². The van der Waals surface area contributed by atoms with Gasteiger partial charge in [-0.05, 0) is 110 Å². The lowest BCUT2D eigenvalue weighted by atomic mass is 10.1. The summed E-state index contributed by atoms with van der Waals surface area (Å²) >= 11 is 0. The molecule has 11 heteroatoms. The Hall–Kier alpha value is -6.49. The highest BCUT2D eigenvalue weighted by Crippen LogP contribution is 2.26. The van der Waals surface area contributed by atoms with Crippen molar-refractivity contribution in [3.8, 4) is 34.5 Å². The van der Waals surface area contributed by atoms with E-state index in [1.807, 2.05) is 0 Å². The molecule has 0 heterocycles. The molecule has 10 nitrogen and oxygen atoms in total. The lowest BCUT2D eigenvalue weighted by Gasteiger charge is -2.10. The number of benzene rings is 5. The summed E-state index contributed by atoms with van der Waals surface area (Å²) in [4.78, 5) is 51.6. The number of hydrogen-bond donors (Lipinski definition) is 0. The van der Waals surface area contributed by atoms with E-state index >= 15 is 0 Å². The summed E-state index contributed by atoms with van der Waals surface area (Å²) in [6, 6.07) is 28.0. The average Bonchev–Trinajstić information content (AvgIpc) is 3.35. The number of rotatable bonds is 32. The summed E-state index contributed by atoms with van der Waals surface area (Å²) in [6.07, 6.45) is 25.0. The van der Waals surface area contributed by atoms with Gasteiger partial charge in [0.1, 0.15) is 40.3 Å². The van der Waals surface area contributed by atoms with Gasteiger partial charge in [0.15, 0.2) is 0 Å². The molecule has 5 rings (SSSR count). The van der Waals surface area contributed by atoms with E-state index in [0.717, 1.165) is 37.8 Å². The van der Waals surface area contributed by atoms with Crippen molar-refractivity contribution in [2.45, 2.75) is 142 Å². The fraction of sp³-hybridized carbons (Fsp3) is 0.414. The first-order valence-electron chi connectivity index (χ1n) is 25.1. The molecule has 0 aliphatic heterocycles. The largest absolute Gasteiger partial charge is 0.494 e. The van der Waals surface area contributed by atoms with E-state index in [0.29, 0.717) is 35.8 Å². The van der Waals surface area contributed by atoms with E-state index in [1.54, 1.807) is 48.5 Å². The van der Waals surface area contributed by atoms with Gasteiger partial charge in [0.25, 0.3) is 0 Å². The van der Waals surface area contributed by atoms with E-state index in [-0.39, 0.29) is 34.1 Å². The minimum atomic E-state index is -0.821. The van der Waals surface area contributed by atoms with Gasteiger partial charge in [-0.15, -0.1) is 0 Å². The lowest BCUT2D eigenvalue weighted by Crippen LogP contribution is -2.11. The van der Waals surface area contributed by atoms with E-state index in [1.165, 1.54) is 157 Å². The van der Waals surface area contributed by atoms with E-state index in [2.05, 4.69) is 13.8 Å². The highest BCUT2D eigenvalue weighted by molar-refractivity contribution is 5.94. The first-order chi connectivity index (χ1) is 33.7. The van der Waals surface area contributed by atoms with Crippen molar-refractivity contribution < 1.29 is 52.0 Å². The second kappa shape index (κ2) is 30.8. The Labute approximate surface area is 407 Å². The number of hydrogen-bond acceptors (Lipinski definition) is 10. The topological polar surface area (TPSA) is 124 Å². The summed E-state index contributed by atoms with van der Waals surface area (Å²) in [5, 5.41) is 0. The van der Waals surface area contributed by atoms with Crippen molar-refractivity contribution in [2.75, 3.05) is 13.2 Å². The Morgan fingerprint density at radius 1 is 0.319 bits per heavy atom.